The fourth-order valence-corrected chi connectivity index (χ4v) is 3.97. The van der Waals surface area contributed by atoms with E-state index in [1.165, 1.54) is 25.6 Å². The molecule has 8 heteroatoms. The molecular formula is C24H30N6O2. The van der Waals surface area contributed by atoms with E-state index < -0.39 is 0 Å². The maximum atomic E-state index is 10.6. The first kappa shape index (κ1) is 22.0. The van der Waals surface area contributed by atoms with Crippen molar-refractivity contribution in [2.24, 2.45) is 0 Å². The van der Waals surface area contributed by atoms with Crippen LogP contribution in [0.2, 0.25) is 0 Å². The van der Waals surface area contributed by atoms with Crippen LogP contribution in [0.3, 0.4) is 0 Å². The number of nitrogens with one attached hydrogen (secondary N) is 1. The van der Waals surface area contributed by atoms with Gasteiger partial charge in [-0.15, -0.1) is 10.2 Å². The summed E-state index contributed by atoms with van der Waals surface area (Å²) in [6.07, 6.45) is 6.30. The summed E-state index contributed by atoms with van der Waals surface area (Å²) in [5, 5.41) is 23.1. The Morgan fingerprint density at radius 1 is 1.09 bits per heavy atom. The van der Waals surface area contributed by atoms with Crippen molar-refractivity contribution >= 4 is 5.82 Å². The molecule has 8 nitrogen and oxygen atoms in total. The lowest BCUT2D eigenvalue weighted by Gasteiger charge is -2.17. The standard InChI is InChI=1S/C24H30N6O2/c1-3-4-5-11-25-18-10-12-30(15-18)23-9-8-20(28-29-23)19-7-6-17(13-22(19)31)21-14-24(32-2)27-16-26-21/h6-9,13-14,16,18,25,31H,3-5,10-12,15H2,1-2H3/t18-/m0/s1. The highest BCUT2D eigenvalue weighted by Crippen LogP contribution is 2.32. The van der Waals surface area contributed by atoms with Crippen LogP contribution in [0.5, 0.6) is 11.6 Å². The smallest absolute Gasteiger partial charge is 0.216 e. The number of aromatic nitrogens is 4. The van der Waals surface area contributed by atoms with Crippen LogP contribution >= 0.6 is 0 Å². The summed E-state index contributed by atoms with van der Waals surface area (Å²) in [5.41, 5.74) is 2.70. The van der Waals surface area contributed by atoms with Gasteiger partial charge >= 0.3 is 0 Å². The fourth-order valence-electron chi connectivity index (χ4n) is 3.97. The van der Waals surface area contributed by atoms with Crippen LogP contribution in [0.15, 0.2) is 42.7 Å². The third-order valence-corrected chi connectivity index (χ3v) is 5.80. The van der Waals surface area contributed by atoms with E-state index in [9.17, 15) is 5.11 Å². The zero-order valence-electron chi connectivity index (χ0n) is 18.7. The van der Waals surface area contributed by atoms with E-state index in [1.807, 2.05) is 24.3 Å². The molecule has 32 heavy (non-hydrogen) atoms. The van der Waals surface area contributed by atoms with E-state index in [0.717, 1.165) is 37.4 Å². The number of phenols is 1. The van der Waals surface area contributed by atoms with Crippen molar-refractivity contribution in [3.8, 4) is 34.1 Å². The van der Waals surface area contributed by atoms with Crippen molar-refractivity contribution < 1.29 is 9.84 Å². The third-order valence-electron chi connectivity index (χ3n) is 5.80. The van der Waals surface area contributed by atoms with Crippen LogP contribution in [0.25, 0.3) is 22.5 Å². The van der Waals surface area contributed by atoms with Crippen molar-refractivity contribution in [2.45, 2.75) is 38.6 Å². The average molecular weight is 435 g/mol. The Balaban J connectivity index is 1.42. The van der Waals surface area contributed by atoms with Gasteiger partial charge in [-0.3, -0.25) is 0 Å². The number of hydrogen-bond acceptors (Lipinski definition) is 8. The largest absolute Gasteiger partial charge is 0.507 e. The van der Waals surface area contributed by atoms with Crippen LogP contribution < -0.4 is 15.0 Å². The van der Waals surface area contributed by atoms with Gasteiger partial charge in [0, 0.05) is 36.3 Å². The summed E-state index contributed by atoms with van der Waals surface area (Å²) in [5.74, 6) is 1.47. The number of anilines is 1. The van der Waals surface area contributed by atoms with Gasteiger partial charge in [-0.1, -0.05) is 25.8 Å². The monoisotopic (exact) mass is 434 g/mol. The predicted molar refractivity (Wildman–Crippen MR) is 125 cm³/mol. The Kier molecular flexibility index (Phi) is 7.11. The number of rotatable bonds is 9. The molecule has 0 saturated carbocycles. The number of nitrogens with zero attached hydrogens (tertiary/aromatic N) is 5. The highest BCUT2D eigenvalue weighted by atomic mass is 16.5. The van der Waals surface area contributed by atoms with E-state index in [-0.39, 0.29) is 5.75 Å². The maximum absolute atomic E-state index is 10.6. The highest BCUT2D eigenvalue weighted by Gasteiger charge is 2.23. The Labute approximate surface area is 188 Å². The minimum absolute atomic E-state index is 0.125. The number of ether oxygens (including phenoxy) is 1. The maximum Gasteiger partial charge on any atom is 0.216 e. The van der Waals surface area contributed by atoms with E-state index in [1.54, 1.807) is 19.2 Å². The first-order chi connectivity index (χ1) is 15.7. The topological polar surface area (TPSA) is 96.3 Å². The van der Waals surface area contributed by atoms with Crippen molar-refractivity contribution in [1.82, 2.24) is 25.5 Å². The molecule has 1 saturated heterocycles. The van der Waals surface area contributed by atoms with E-state index in [0.29, 0.717) is 28.9 Å². The van der Waals surface area contributed by atoms with Crippen molar-refractivity contribution in [3.05, 3.63) is 42.7 Å². The fraction of sp³-hybridized carbons (Fsp3) is 0.417. The summed E-state index contributed by atoms with van der Waals surface area (Å²) >= 11 is 0. The van der Waals surface area contributed by atoms with Gasteiger partial charge in [0.1, 0.15) is 12.1 Å². The minimum Gasteiger partial charge on any atom is -0.507 e. The van der Waals surface area contributed by atoms with Crippen LogP contribution in [-0.4, -0.2) is 58.1 Å². The van der Waals surface area contributed by atoms with E-state index in [4.69, 9.17) is 4.74 Å². The zero-order valence-corrected chi connectivity index (χ0v) is 18.7. The van der Waals surface area contributed by atoms with Gasteiger partial charge in [-0.25, -0.2) is 9.97 Å². The van der Waals surface area contributed by atoms with E-state index in [2.05, 4.69) is 37.3 Å². The molecule has 0 spiro atoms. The normalized spacial score (nSPS) is 15.8. The average Bonchev–Trinajstić information content (AvgIpc) is 3.31. The molecule has 1 fully saturated rings. The Hall–Kier alpha value is -3.26. The highest BCUT2D eigenvalue weighted by molar-refractivity contribution is 5.73. The number of aromatic hydroxyl groups is 1. The SMILES string of the molecule is CCCCCN[C@H]1CCN(c2ccc(-c3ccc(-c4cc(OC)ncn4)cc3O)nn2)C1. The van der Waals surface area contributed by atoms with Crippen molar-refractivity contribution in [1.29, 1.82) is 0 Å². The molecule has 1 aromatic carbocycles. The summed E-state index contributed by atoms with van der Waals surface area (Å²) in [4.78, 5) is 10.5. The molecule has 0 unspecified atom stereocenters. The lowest BCUT2D eigenvalue weighted by molar-refractivity contribution is 0.397. The van der Waals surface area contributed by atoms with Crippen molar-refractivity contribution in [2.75, 3.05) is 31.6 Å². The molecule has 3 aromatic rings. The molecule has 4 rings (SSSR count). The molecule has 1 aliphatic heterocycles. The molecule has 0 radical (unpaired) electrons. The number of unbranched alkanes of at least 4 members (excludes halogenated alkanes) is 2. The van der Waals surface area contributed by atoms with E-state index >= 15 is 0 Å². The van der Waals surface area contributed by atoms with Gasteiger partial charge in [0.2, 0.25) is 5.88 Å². The second-order valence-electron chi connectivity index (χ2n) is 8.05. The molecule has 3 heterocycles. The number of methoxy groups -OCH3 is 1. The number of benzene rings is 1. The molecule has 168 valence electrons. The minimum atomic E-state index is 0.125. The Bertz CT molecular complexity index is 1030. The second-order valence-corrected chi connectivity index (χ2v) is 8.05. The molecule has 0 bridgehead atoms. The number of phenolic OH excluding ortho intramolecular Hbond substituents is 1. The van der Waals surface area contributed by atoms with Crippen LogP contribution in [-0.2, 0) is 0 Å². The lowest BCUT2D eigenvalue weighted by atomic mass is 10.1. The van der Waals surface area contributed by atoms with Crippen LogP contribution in [0.1, 0.15) is 32.6 Å². The summed E-state index contributed by atoms with van der Waals surface area (Å²) in [7, 11) is 1.56. The molecule has 0 amide bonds. The van der Waals surface area contributed by atoms with Gasteiger partial charge in [0.05, 0.1) is 18.5 Å². The summed E-state index contributed by atoms with van der Waals surface area (Å²) in [6, 6.07) is 11.5. The van der Waals surface area contributed by atoms with Gasteiger partial charge < -0.3 is 20.1 Å². The zero-order chi connectivity index (χ0) is 22.3. The molecular weight excluding hydrogens is 404 g/mol. The van der Waals surface area contributed by atoms with Crippen LogP contribution in [0, 0.1) is 0 Å². The summed E-state index contributed by atoms with van der Waals surface area (Å²) < 4.78 is 5.15. The van der Waals surface area contributed by atoms with Crippen molar-refractivity contribution in [3.63, 3.8) is 0 Å². The van der Waals surface area contributed by atoms with Gasteiger partial charge in [-0.2, -0.15) is 0 Å². The Morgan fingerprint density at radius 3 is 2.75 bits per heavy atom. The molecule has 1 aliphatic rings. The second kappa shape index (κ2) is 10.4. The lowest BCUT2D eigenvalue weighted by Crippen LogP contribution is -2.33. The third kappa shape index (κ3) is 5.13. The molecule has 2 N–H and O–H groups in total. The quantitative estimate of drug-likeness (QED) is 0.493. The van der Waals surface area contributed by atoms with Gasteiger partial charge in [0.15, 0.2) is 5.82 Å². The first-order valence-electron chi connectivity index (χ1n) is 11.2. The van der Waals surface area contributed by atoms with Crippen LogP contribution in [0.4, 0.5) is 5.82 Å². The molecule has 2 aromatic heterocycles. The molecule has 0 aliphatic carbocycles. The number of hydrogen-bond donors (Lipinski definition) is 2. The van der Waals surface area contributed by atoms with Gasteiger partial charge in [-0.05, 0) is 43.7 Å². The summed E-state index contributed by atoms with van der Waals surface area (Å²) in [6.45, 7) is 5.22. The Morgan fingerprint density at radius 2 is 2.00 bits per heavy atom. The van der Waals surface area contributed by atoms with Gasteiger partial charge in [0.25, 0.3) is 0 Å². The molecule has 1 atom stereocenters. The predicted octanol–water partition coefficient (Wildman–Crippen LogP) is 3.67. The first-order valence-corrected chi connectivity index (χ1v) is 11.2.